The van der Waals surface area contributed by atoms with Gasteiger partial charge in [0, 0.05) is 6.92 Å². The maximum Gasteiger partial charge on any atom is 0.411 e. The number of carbonyl (C=O) groups excluding carboxylic acids is 2. The van der Waals surface area contributed by atoms with Crippen LogP contribution in [0.5, 0.6) is 0 Å². The third-order valence-corrected chi connectivity index (χ3v) is 2.26. The van der Waals surface area contributed by atoms with Crippen LogP contribution in [0.1, 0.15) is 33.1 Å². The van der Waals surface area contributed by atoms with Gasteiger partial charge >= 0.3 is 17.8 Å². The smallest absolute Gasteiger partial charge is 0.411 e. The molecule has 0 amide bonds. The molecule has 0 unspecified atom stereocenters. The molecule has 0 N–H and O–H groups in total. The first-order valence-electron chi connectivity index (χ1n) is 5.69. The minimum atomic E-state index is -5.20. The highest BCUT2D eigenvalue weighted by atomic mass is 19.3. The number of carbonyl (C=O) groups is 2. The van der Waals surface area contributed by atoms with E-state index in [1.807, 2.05) is 6.92 Å². The number of hydrogen-bond acceptors (Lipinski definition) is 4. The van der Waals surface area contributed by atoms with Crippen LogP contribution in [-0.4, -0.2) is 37.0 Å². The number of rotatable bonds is 9. The molecule has 0 fully saturated rings. The Morgan fingerprint density at radius 3 is 2.11 bits per heavy atom. The van der Waals surface area contributed by atoms with Gasteiger partial charge in [0.25, 0.3) is 0 Å². The Kier molecular flexibility index (Phi) is 6.96. The largest absolute Gasteiger partial charge is 0.434 e. The SMILES string of the molecule is CCCCCOCOC(=O)C(F)(F)C(F)(F)C(C)=O. The number of esters is 1. The number of ketones is 1. The van der Waals surface area contributed by atoms with Crippen LogP contribution >= 0.6 is 0 Å². The van der Waals surface area contributed by atoms with Crippen molar-refractivity contribution in [3.8, 4) is 0 Å². The molecule has 0 aliphatic rings. The molecule has 0 aromatic rings. The van der Waals surface area contributed by atoms with Gasteiger partial charge in [-0.25, -0.2) is 4.79 Å². The van der Waals surface area contributed by atoms with Gasteiger partial charge in [-0.05, 0) is 6.42 Å². The van der Waals surface area contributed by atoms with Crippen molar-refractivity contribution in [1.29, 1.82) is 0 Å². The summed E-state index contributed by atoms with van der Waals surface area (Å²) in [5, 5.41) is 0. The van der Waals surface area contributed by atoms with Crippen LogP contribution in [0.25, 0.3) is 0 Å². The molecule has 0 radical (unpaired) electrons. The van der Waals surface area contributed by atoms with Gasteiger partial charge in [-0.2, -0.15) is 17.6 Å². The quantitative estimate of drug-likeness (QED) is 0.283. The van der Waals surface area contributed by atoms with E-state index >= 15 is 0 Å². The fourth-order valence-corrected chi connectivity index (χ4v) is 1.05. The average Bonchev–Trinajstić information content (AvgIpc) is 2.32. The molecular formula is C11H16F4O4. The predicted octanol–water partition coefficient (Wildman–Crippen LogP) is 2.55. The molecule has 112 valence electrons. The van der Waals surface area contributed by atoms with Crippen LogP contribution in [0.4, 0.5) is 17.6 Å². The Morgan fingerprint density at radius 1 is 1.05 bits per heavy atom. The Labute approximate surface area is 108 Å². The predicted molar refractivity (Wildman–Crippen MR) is 57.0 cm³/mol. The summed E-state index contributed by atoms with van der Waals surface area (Å²) in [7, 11) is 0. The molecule has 0 rings (SSSR count). The first-order chi connectivity index (χ1) is 8.67. The molecule has 19 heavy (non-hydrogen) atoms. The highest BCUT2D eigenvalue weighted by Crippen LogP contribution is 2.35. The summed E-state index contributed by atoms with van der Waals surface area (Å²) in [5.41, 5.74) is 0. The second kappa shape index (κ2) is 7.42. The number of halogens is 4. The van der Waals surface area contributed by atoms with Crippen molar-refractivity contribution in [3.63, 3.8) is 0 Å². The van der Waals surface area contributed by atoms with E-state index in [9.17, 15) is 27.2 Å². The van der Waals surface area contributed by atoms with Crippen LogP contribution in [-0.2, 0) is 19.1 Å². The van der Waals surface area contributed by atoms with E-state index in [2.05, 4.69) is 9.47 Å². The molecule has 0 saturated carbocycles. The molecule has 0 aliphatic heterocycles. The molecule has 0 atom stereocenters. The Balaban J connectivity index is 4.23. The van der Waals surface area contributed by atoms with Crippen LogP contribution in [0.3, 0.4) is 0 Å². The molecular weight excluding hydrogens is 272 g/mol. The lowest BCUT2D eigenvalue weighted by atomic mass is 10.1. The average molecular weight is 288 g/mol. The fraction of sp³-hybridized carbons (Fsp3) is 0.818. The Hall–Kier alpha value is -1.18. The third kappa shape index (κ3) is 4.77. The maximum atomic E-state index is 13.0. The summed E-state index contributed by atoms with van der Waals surface area (Å²) in [6, 6.07) is 0. The summed E-state index contributed by atoms with van der Waals surface area (Å²) >= 11 is 0. The van der Waals surface area contributed by atoms with Gasteiger partial charge in [-0.3, -0.25) is 4.79 Å². The highest BCUT2D eigenvalue weighted by Gasteiger charge is 2.66. The molecule has 0 aromatic carbocycles. The van der Waals surface area contributed by atoms with E-state index in [0.717, 1.165) is 12.8 Å². The van der Waals surface area contributed by atoms with E-state index in [1.165, 1.54) is 0 Å². The van der Waals surface area contributed by atoms with Gasteiger partial charge in [0.1, 0.15) is 0 Å². The van der Waals surface area contributed by atoms with Crippen molar-refractivity contribution in [2.24, 2.45) is 0 Å². The molecule has 0 aliphatic carbocycles. The topological polar surface area (TPSA) is 52.6 Å². The van der Waals surface area contributed by atoms with Crippen molar-refractivity contribution in [3.05, 3.63) is 0 Å². The molecule has 0 heterocycles. The molecule has 0 saturated heterocycles. The number of Topliss-reactive ketones (excluding diaryl/α,β-unsaturated/α-hetero) is 1. The first-order valence-corrected chi connectivity index (χ1v) is 5.69. The van der Waals surface area contributed by atoms with Crippen molar-refractivity contribution < 1.29 is 36.6 Å². The Bertz CT molecular complexity index is 318. The number of hydrogen-bond donors (Lipinski definition) is 0. The van der Waals surface area contributed by atoms with Crippen LogP contribution < -0.4 is 0 Å². The van der Waals surface area contributed by atoms with Crippen LogP contribution in [0, 0.1) is 0 Å². The van der Waals surface area contributed by atoms with Crippen LogP contribution in [0.2, 0.25) is 0 Å². The lowest BCUT2D eigenvalue weighted by Gasteiger charge is -2.22. The molecule has 0 spiro atoms. The van der Waals surface area contributed by atoms with E-state index in [4.69, 9.17) is 0 Å². The van der Waals surface area contributed by atoms with E-state index in [0.29, 0.717) is 6.42 Å². The lowest BCUT2D eigenvalue weighted by Crippen LogP contribution is -2.52. The van der Waals surface area contributed by atoms with Crippen molar-refractivity contribution in [2.45, 2.75) is 45.0 Å². The second-order valence-electron chi connectivity index (χ2n) is 3.87. The maximum absolute atomic E-state index is 13.0. The highest BCUT2D eigenvalue weighted by molar-refractivity contribution is 5.92. The zero-order valence-electron chi connectivity index (χ0n) is 10.7. The van der Waals surface area contributed by atoms with Gasteiger partial charge in [-0.1, -0.05) is 19.8 Å². The van der Waals surface area contributed by atoms with E-state index in [-0.39, 0.29) is 13.5 Å². The minimum Gasteiger partial charge on any atom is -0.434 e. The van der Waals surface area contributed by atoms with Crippen LogP contribution in [0.15, 0.2) is 0 Å². The molecule has 0 aromatic heterocycles. The van der Waals surface area contributed by atoms with Crippen molar-refractivity contribution in [1.82, 2.24) is 0 Å². The van der Waals surface area contributed by atoms with E-state index < -0.39 is 30.4 Å². The summed E-state index contributed by atoms with van der Waals surface area (Å²) in [6.45, 7) is 1.51. The third-order valence-electron chi connectivity index (χ3n) is 2.26. The van der Waals surface area contributed by atoms with Crippen molar-refractivity contribution in [2.75, 3.05) is 13.4 Å². The van der Waals surface area contributed by atoms with Gasteiger partial charge in [0.15, 0.2) is 6.79 Å². The van der Waals surface area contributed by atoms with E-state index in [1.54, 1.807) is 0 Å². The zero-order chi connectivity index (χ0) is 15.1. The number of ether oxygens (including phenoxy) is 2. The van der Waals surface area contributed by atoms with Gasteiger partial charge in [0.2, 0.25) is 5.78 Å². The minimum absolute atomic E-state index is 0.162. The molecule has 0 bridgehead atoms. The fourth-order valence-electron chi connectivity index (χ4n) is 1.05. The second-order valence-corrected chi connectivity index (χ2v) is 3.87. The van der Waals surface area contributed by atoms with Crippen molar-refractivity contribution >= 4 is 11.8 Å². The van der Waals surface area contributed by atoms with Gasteiger partial charge < -0.3 is 9.47 Å². The normalized spacial score (nSPS) is 12.3. The summed E-state index contributed by atoms with van der Waals surface area (Å²) < 4.78 is 60.1. The zero-order valence-corrected chi connectivity index (χ0v) is 10.7. The standard InChI is InChI=1S/C11H16F4O4/c1-3-4-5-6-18-7-19-9(17)11(14,15)10(12,13)8(2)16/h3-7H2,1-2H3. The lowest BCUT2D eigenvalue weighted by molar-refractivity contribution is -0.230. The van der Waals surface area contributed by atoms with Gasteiger partial charge in [-0.15, -0.1) is 0 Å². The summed E-state index contributed by atoms with van der Waals surface area (Å²) in [6.07, 6.45) is 2.38. The summed E-state index contributed by atoms with van der Waals surface area (Å²) in [5.74, 6) is -14.9. The Morgan fingerprint density at radius 2 is 1.63 bits per heavy atom. The summed E-state index contributed by atoms with van der Waals surface area (Å²) in [4.78, 5) is 21.2. The van der Waals surface area contributed by atoms with Gasteiger partial charge in [0.05, 0.1) is 6.61 Å². The molecule has 8 heteroatoms. The number of alkyl halides is 4. The monoisotopic (exact) mass is 288 g/mol. The first kappa shape index (κ1) is 17.8. The molecule has 4 nitrogen and oxygen atoms in total. The number of unbranched alkanes of at least 4 members (excludes halogenated alkanes) is 2.